The fourth-order valence-corrected chi connectivity index (χ4v) is 2.30. The number of benzene rings is 1. The van der Waals surface area contributed by atoms with E-state index in [0.29, 0.717) is 19.0 Å². The van der Waals surface area contributed by atoms with E-state index >= 15 is 0 Å². The van der Waals surface area contributed by atoms with E-state index < -0.39 is 10.0 Å². The van der Waals surface area contributed by atoms with Crippen molar-refractivity contribution in [3.05, 3.63) is 42.5 Å². The number of guanidine groups is 1. The summed E-state index contributed by atoms with van der Waals surface area (Å²) in [6, 6.07) is 6.65. The Morgan fingerprint density at radius 1 is 1.29 bits per heavy atom. The second kappa shape index (κ2) is 8.43. The molecule has 0 unspecified atom stereocenters. The smallest absolute Gasteiger partial charge is 0.240 e. The molecule has 0 saturated heterocycles. The van der Waals surface area contributed by atoms with Gasteiger partial charge in [-0.25, -0.2) is 18.1 Å². The third-order valence-electron chi connectivity index (χ3n) is 2.68. The van der Waals surface area contributed by atoms with Gasteiger partial charge < -0.3 is 10.6 Å². The lowest BCUT2D eigenvalue weighted by atomic mass is 10.2. The molecule has 1 rings (SSSR count). The van der Waals surface area contributed by atoms with Crippen molar-refractivity contribution in [3.63, 3.8) is 0 Å². The van der Waals surface area contributed by atoms with Crippen LogP contribution in [0.1, 0.15) is 12.5 Å². The van der Waals surface area contributed by atoms with Crippen LogP contribution in [0.5, 0.6) is 0 Å². The molecule has 0 amide bonds. The number of nitrogens with zero attached hydrogens (tertiary/aromatic N) is 1. The standard InChI is InChI=1S/C14H22N4O2S/c1-4-10-17-14(16-5-2)18-11-12-6-8-13(9-7-12)21(19,20)15-3/h4,6-9,15H,1,5,10-11H2,2-3H3,(H2,16,17,18). The molecule has 0 aliphatic rings. The van der Waals surface area contributed by atoms with E-state index in [1.54, 1.807) is 30.3 Å². The van der Waals surface area contributed by atoms with Gasteiger partial charge in [-0.2, -0.15) is 0 Å². The van der Waals surface area contributed by atoms with Crippen LogP contribution in [0, 0.1) is 0 Å². The Kier molecular flexibility index (Phi) is 6.90. The second-order valence-electron chi connectivity index (χ2n) is 4.22. The topological polar surface area (TPSA) is 82.6 Å². The minimum atomic E-state index is -3.39. The first kappa shape index (κ1) is 17.2. The van der Waals surface area contributed by atoms with Gasteiger partial charge in [0.1, 0.15) is 0 Å². The number of aliphatic imine (C=N–C) groups is 1. The van der Waals surface area contributed by atoms with Crippen LogP contribution in [0.15, 0.2) is 46.8 Å². The number of rotatable bonds is 7. The summed E-state index contributed by atoms with van der Waals surface area (Å²) < 4.78 is 25.5. The van der Waals surface area contributed by atoms with Gasteiger partial charge in [0.2, 0.25) is 10.0 Å². The van der Waals surface area contributed by atoms with Gasteiger partial charge in [-0.05, 0) is 31.7 Å². The zero-order valence-corrected chi connectivity index (χ0v) is 13.2. The van der Waals surface area contributed by atoms with Gasteiger partial charge in [0.15, 0.2) is 5.96 Å². The van der Waals surface area contributed by atoms with Crippen molar-refractivity contribution in [1.29, 1.82) is 0 Å². The highest BCUT2D eigenvalue weighted by Gasteiger charge is 2.10. The van der Waals surface area contributed by atoms with Crippen LogP contribution in [-0.2, 0) is 16.6 Å². The molecule has 0 atom stereocenters. The van der Waals surface area contributed by atoms with Crippen LogP contribution >= 0.6 is 0 Å². The van der Waals surface area contributed by atoms with Gasteiger partial charge in [0.05, 0.1) is 11.4 Å². The maximum Gasteiger partial charge on any atom is 0.240 e. The summed E-state index contributed by atoms with van der Waals surface area (Å²) in [6.07, 6.45) is 1.75. The molecule has 6 nitrogen and oxygen atoms in total. The molecule has 1 aromatic carbocycles. The predicted molar refractivity (Wildman–Crippen MR) is 85.7 cm³/mol. The maximum absolute atomic E-state index is 11.6. The summed E-state index contributed by atoms with van der Waals surface area (Å²) in [7, 11) is -2.00. The van der Waals surface area contributed by atoms with Crippen LogP contribution in [-0.4, -0.2) is 34.5 Å². The van der Waals surface area contributed by atoms with E-state index in [2.05, 4.69) is 26.9 Å². The van der Waals surface area contributed by atoms with Crippen LogP contribution in [0.25, 0.3) is 0 Å². The largest absolute Gasteiger partial charge is 0.357 e. The fourth-order valence-electron chi connectivity index (χ4n) is 1.57. The monoisotopic (exact) mass is 310 g/mol. The quantitative estimate of drug-likeness (QED) is 0.396. The zero-order chi connectivity index (χ0) is 15.7. The molecular formula is C14H22N4O2S. The van der Waals surface area contributed by atoms with Crippen molar-refractivity contribution < 1.29 is 8.42 Å². The van der Waals surface area contributed by atoms with Crippen molar-refractivity contribution in [1.82, 2.24) is 15.4 Å². The molecule has 0 aliphatic carbocycles. The van der Waals surface area contributed by atoms with Crippen molar-refractivity contribution >= 4 is 16.0 Å². The molecule has 0 aromatic heterocycles. The van der Waals surface area contributed by atoms with Gasteiger partial charge in [-0.15, -0.1) is 6.58 Å². The molecule has 1 aromatic rings. The molecule has 0 heterocycles. The molecule has 3 N–H and O–H groups in total. The molecule has 0 radical (unpaired) electrons. The summed E-state index contributed by atoms with van der Waals surface area (Å²) in [4.78, 5) is 4.66. The SMILES string of the molecule is C=CCNC(=NCc1ccc(S(=O)(=O)NC)cc1)NCC. The first-order valence-corrected chi connectivity index (χ1v) is 8.17. The third kappa shape index (κ3) is 5.57. The predicted octanol–water partition coefficient (Wildman–Crippen LogP) is 0.836. The number of sulfonamides is 1. The van der Waals surface area contributed by atoms with Gasteiger partial charge >= 0.3 is 0 Å². The van der Waals surface area contributed by atoms with E-state index in [4.69, 9.17) is 0 Å². The highest BCUT2D eigenvalue weighted by molar-refractivity contribution is 7.89. The molecule has 0 spiro atoms. The Hall–Kier alpha value is -1.86. The van der Waals surface area contributed by atoms with Crippen molar-refractivity contribution in [2.24, 2.45) is 4.99 Å². The molecular weight excluding hydrogens is 288 g/mol. The maximum atomic E-state index is 11.6. The Morgan fingerprint density at radius 3 is 2.48 bits per heavy atom. The lowest BCUT2D eigenvalue weighted by molar-refractivity contribution is 0.588. The van der Waals surface area contributed by atoms with Gasteiger partial charge in [0.25, 0.3) is 0 Å². The lowest BCUT2D eigenvalue weighted by Gasteiger charge is -2.09. The highest BCUT2D eigenvalue weighted by atomic mass is 32.2. The van der Waals surface area contributed by atoms with E-state index in [-0.39, 0.29) is 4.90 Å². The van der Waals surface area contributed by atoms with Crippen molar-refractivity contribution in [2.75, 3.05) is 20.1 Å². The third-order valence-corrected chi connectivity index (χ3v) is 4.11. The Labute approximate surface area is 126 Å². The van der Waals surface area contributed by atoms with Crippen molar-refractivity contribution in [3.8, 4) is 0 Å². The summed E-state index contributed by atoms with van der Waals surface area (Å²) in [5.41, 5.74) is 0.931. The average Bonchev–Trinajstić information content (AvgIpc) is 2.50. The molecule has 21 heavy (non-hydrogen) atoms. The van der Waals surface area contributed by atoms with E-state index in [0.717, 1.165) is 12.1 Å². The minimum Gasteiger partial charge on any atom is -0.357 e. The van der Waals surface area contributed by atoms with Crippen LogP contribution < -0.4 is 15.4 Å². The first-order chi connectivity index (χ1) is 10.0. The number of hydrogen-bond acceptors (Lipinski definition) is 3. The molecule has 0 saturated carbocycles. The summed E-state index contributed by atoms with van der Waals surface area (Å²) in [5, 5.41) is 6.22. The first-order valence-electron chi connectivity index (χ1n) is 6.69. The minimum absolute atomic E-state index is 0.245. The second-order valence-corrected chi connectivity index (χ2v) is 6.10. The van der Waals surface area contributed by atoms with Crippen LogP contribution in [0.4, 0.5) is 0 Å². The highest BCUT2D eigenvalue weighted by Crippen LogP contribution is 2.10. The Bertz CT molecular complexity index is 579. The molecule has 116 valence electrons. The normalized spacial score (nSPS) is 12.0. The fraction of sp³-hybridized carbons (Fsp3) is 0.357. The lowest BCUT2D eigenvalue weighted by Crippen LogP contribution is -2.37. The van der Waals surface area contributed by atoms with E-state index in [1.165, 1.54) is 7.05 Å². The van der Waals surface area contributed by atoms with E-state index in [1.807, 2.05) is 6.92 Å². The van der Waals surface area contributed by atoms with Crippen molar-refractivity contribution in [2.45, 2.75) is 18.4 Å². The number of hydrogen-bond donors (Lipinski definition) is 3. The summed E-state index contributed by atoms with van der Waals surface area (Å²) >= 11 is 0. The average molecular weight is 310 g/mol. The molecule has 0 bridgehead atoms. The van der Waals surface area contributed by atoms with Crippen LogP contribution in [0.2, 0.25) is 0 Å². The van der Waals surface area contributed by atoms with Crippen LogP contribution in [0.3, 0.4) is 0 Å². The van der Waals surface area contributed by atoms with Gasteiger partial charge in [-0.3, -0.25) is 0 Å². The molecule has 0 aliphatic heterocycles. The molecule has 7 heteroatoms. The number of nitrogens with one attached hydrogen (secondary N) is 3. The Balaban J connectivity index is 2.76. The summed E-state index contributed by atoms with van der Waals surface area (Å²) in [6.45, 7) is 7.49. The van der Waals surface area contributed by atoms with Gasteiger partial charge in [0, 0.05) is 13.1 Å². The summed E-state index contributed by atoms with van der Waals surface area (Å²) in [5.74, 6) is 0.698. The Morgan fingerprint density at radius 2 is 1.95 bits per heavy atom. The van der Waals surface area contributed by atoms with Gasteiger partial charge in [-0.1, -0.05) is 18.2 Å². The zero-order valence-electron chi connectivity index (χ0n) is 12.4. The van der Waals surface area contributed by atoms with E-state index in [9.17, 15) is 8.42 Å². The molecule has 0 fully saturated rings.